The van der Waals surface area contributed by atoms with Gasteiger partial charge < -0.3 is 11.1 Å². The molecule has 1 unspecified atom stereocenters. The first-order valence-electron chi connectivity index (χ1n) is 7.80. The zero-order chi connectivity index (χ0) is 16.2. The maximum Gasteiger partial charge on any atom is 0.226 e. The first-order chi connectivity index (χ1) is 11.1. The van der Waals surface area contributed by atoms with Crippen molar-refractivity contribution in [1.29, 1.82) is 0 Å². The first-order valence-corrected chi connectivity index (χ1v) is 8.68. The van der Waals surface area contributed by atoms with E-state index in [2.05, 4.69) is 10.3 Å². The van der Waals surface area contributed by atoms with Gasteiger partial charge in [-0.2, -0.15) is 0 Å². The number of rotatable bonds is 7. The average Bonchev–Trinajstić information content (AvgIpc) is 3.30. The normalized spacial score (nSPS) is 15.4. The van der Waals surface area contributed by atoms with Crippen LogP contribution >= 0.6 is 11.3 Å². The van der Waals surface area contributed by atoms with Crippen LogP contribution in [0.15, 0.2) is 29.6 Å². The smallest absolute Gasteiger partial charge is 0.226 e. The van der Waals surface area contributed by atoms with E-state index < -0.39 is 0 Å². The molecule has 1 aromatic carbocycles. The molecule has 4 nitrogen and oxygen atoms in total. The average molecular weight is 333 g/mol. The van der Waals surface area contributed by atoms with Gasteiger partial charge in [0, 0.05) is 24.4 Å². The van der Waals surface area contributed by atoms with E-state index in [0.29, 0.717) is 18.9 Å². The number of hydrogen-bond acceptors (Lipinski definition) is 4. The minimum atomic E-state index is -0.241. The molecule has 0 saturated heterocycles. The van der Waals surface area contributed by atoms with Crippen LogP contribution in [-0.2, 0) is 17.6 Å². The van der Waals surface area contributed by atoms with Gasteiger partial charge in [-0.05, 0) is 36.5 Å². The van der Waals surface area contributed by atoms with E-state index in [4.69, 9.17) is 5.73 Å². The van der Waals surface area contributed by atoms with E-state index in [9.17, 15) is 9.18 Å². The number of thiazole rings is 1. The molecular weight excluding hydrogens is 313 g/mol. The maximum atomic E-state index is 12.9. The summed E-state index contributed by atoms with van der Waals surface area (Å²) >= 11 is 1.52. The number of carbonyl (C=O) groups excluding carboxylic acids is 1. The van der Waals surface area contributed by atoms with Crippen molar-refractivity contribution >= 4 is 17.2 Å². The van der Waals surface area contributed by atoms with E-state index in [0.717, 1.165) is 16.3 Å². The van der Waals surface area contributed by atoms with Crippen LogP contribution < -0.4 is 11.1 Å². The Balaban J connectivity index is 1.48. The second-order valence-electron chi connectivity index (χ2n) is 6.02. The lowest BCUT2D eigenvalue weighted by Crippen LogP contribution is -2.39. The molecule has 3 rings (SSSR count). The van der Waals surface area contributed by atoms with E-state index in [1.807, 2.05) is 5.38 Å². The lowest BCUT2D eigenvalue weighted by molar-refractivity contribution is -0.120. The van der Waals surface area contributed by atoms with Crippen molar-refractivity contribution in [3.05, 3.63) is 51.7 Å². The monoisotopic (exact) mass is 333 g/mol. The zero-order valence-corrected chi connectivity index (χ0v) is 13.6. The highest BCUT2D eigenvalue weighted by Gasteiger charge is 2.28. The van der Waals surface area contributed by atoms with Crippen LogP contribution in [-0.4, -0.2) is 23.5 Å². The van der Waals surface area contributed by atoms with Crippen LogP contribution in [0.5, 0.6) is 0 Å². The van der Waals surface area contributed by atoms with Gasteiger partial charge in [0.25, 0.3) is 0 Å². The summed E-state index contributed by atoms with van der Waals surface area (Å²) in [5.74, 6) is 0.297. The molecule has 1 heterocycles. The summed E-state index contributed by atoms with van der Waals surface area (Å²) in [6.07, 6.45) is 3.28. The Labute approximate surface area is 138 Å². The van der Waals surface area contributed by atoms with Gasteiger partial charge in [-0.3, -0.25) is 4.79 Å². The zero-order valence-electron chi connectivity index (χ0n) is 12.8. The van der Waals surface area contributed by atoms with Crippen molar-refractivity contribution in [3.63, 3.8) is 0 Å². The van der Waals surface area contributed by atoms with Crippen LogP contribution in [0.4, 0.5) is 4.39 Å². The number of halogens is 1. The highest BCUT2D eigenvalue weighted by atomic mass is 32.1. The van der Waals surface area contributed by atoms with Crippen molar-refractivity contribution in [2.45, 2.75) is 31.7 Å². The topological polar surface area (TPSA) is 68.0 Å². The summed E-state index contributed by atoms with van der Waals surface area (Å²) in [4.78, 5) is 16.4. The minimum absolute atomic E-state index is 0.0419. The number of hydrogen-bond donors (Lipinski definition) is 2. The number of amides is 1. The van der Waals surface area contributed by atoms with E-state index in [1.54, 1.807) is 12.1 Å². The molecule has 1 amide bonds. The molecule has 23 heavy (non-hydrogen) atoms. The Kier molecular flexibility index (Phi) is 5.03. The first kappa shape index (κ1) is 16.1. The fourth-order valence-corrected chi connectivity index (χ4v) is 3.27. The van der Waals surface area contributed by atoms with Gasteiger partial charge in [0.2, 0.25) is 5.91 Å². The SMILES string of the molecule is NC(CNC(=O)Cc1csc(Cc2ccc(F)cc2)n1)C1CC1. The molecule has 1 saturated carbocycles. The van der Waals surface area contributed by atoms with Gasteiger partial charge in [-0.15, -0.1) is 11.3 Å². The van der Waals surface area contributed by atoms with Crippen molar-refractivity contribution in [3.8, 4) is 0 Å². The third-order valence-electron chi connectivity index (χ3n) is 3.97. The van der Waals surface area contributed by atoms with Gasteiger partial charge in [0.15, 0.2) is 0 Å². The molecule has 1 fully saturated rings. The number of nitrogens with zero attached hydrogens (tertiary/aromatic N) is 1. The fourth-order valence-electron chi connectivity index (χ4n) is 2.44. The Morgan fingerprint density at radius 1 is 1.39 bits per heavy atom. The Morgan fingerprint density at radius 3 is 2.83 bits per heavy atom. The standard InChI is InChI=1S/C17H20FN3OS/c18-13-5-1-11(2-6-13)7-17-21-14(10-23-17)8-16(22)20-9-15(19)12-3-4-12/h1-2,5-6,10,12,15H,3-4,7-9,19H2,(H,20,22). The number of nitrogens with one attached hydrogen (secondary N) is 1. The molecule has 2 aromatic rings. The lowest BCUT2D eigenvalue weighted by atomic mass is 10.1. The van der Waals surface area contributed by atoms with Crippen LogP contribution in [0, 0.1) is 11.7 Å². The quantitative estimate of drug-likeness (QED) is 0.817. The van der Waals surface area contributed by atoms with Crippen molar-refractivity contribution in [2.75, 3.05) is 6.54 Å². The van der Waals surface area contributed by atoms with Crippen molar-refractivity contribution in [1.82, 2.24) is 10.3 Å². The molecule has 1 aromatic heterocycles. The highest BCUT2D eigenvalue weighted by Crippen LogP contribution is 2.31. The van der Waals surface area contributed by atoms with Crippen LogP contribution in [0.3, 0.4) is 0 Å². The third-order valence-corrected chi connectivity index (χ3v) is 4.87. The summed E-state index contributed by atoms with van der Waals surface area (Å²) in [6.45, 7) is 0.538. The molecule has 3 N–H and O–H groups in total. The Hall–Kier alpha value is -1.79. The minimum Gasteiger partial charge on any atom is -0.354 e. The van der Waals surface area contributed by atoms with Crippen molar-refractivity contribution in [2.24, 2.45) is 11.7 Å². The van der Waals surface area contributed by atoms with Crippen LogP contribution in [0.1, 0.15) is 29.1 Å². The largest absolute Gasteiger partial charge is 0.354 e. The fraction of sp³-hybridized carbons (Fsp3) is 0.412. The molecule has 122 valence electrons. The second-order valence-corrected chi connectivity index (χ2v) is 6.96. The molecule has 0 radical (unpaired) electrons. The number of nitrogens with two attached hydrogens (primary N) is 1. The molecule has 1 aliphatic rings. The summed E-state index contributed by atoms with van der Waals surface area (Å²) in [5, 5.41) is 5.70. The highest BCUT2D eigenvalue weighted by molar-refractivity contribution is 7.09. The Bertz CT molecular complexity index is 667. The molecule has 0 aliphatic heterocycles. The molecule has 0 bridgehead atoms. The molecule has 0 spiro atoms. The number of benzene rings is 1. The van der Waals surface area contributed by atoms with Gasteiger partial charge >= 0.3 is 0 Å². The lowest BCUT2D eigenvalue weighted by Gasteiger charge is -2.10. The summed E-state index contributed by atoms with van der Waals surface area (Å²) in [6, 6.07) is 6.47. The molecule has 1 atom stereocenters. The van der Waals surface area contributed by atoms with Gasteiger partial charge in [-0.25, -0.2) is 9.37 Å². The second kappa shape index (κ2) is 7.19. The van der Waals surface area contributed by atoms with E-state index in [1.165, 1.54) is 36.3 Å². The predicted molar refractivity (Wildman–Crippen MR) is 88.7 cm³/mol. The van der Waals surface area contributed by atoms with Gasteiger partial charge in [-0.1, -0.05) is 12.1 Å². The molecule has 1 aliphatic carbocycles. The Morgan fingerprint density at radius 2 is 2.13 bits per heavy atom. The predicted octanol–water partition coefficient (Wildman–Crippen LogP) is 2.27. The van der Waals surface area contributed by atoms with Gasteiger partial charge in [0.1, 0.15) is 5.82 Å². The van der Waals surface area contributed by atoms with E-state index >= 15 is 0 Å². The maximum absolute atomic E-state index is 12.9. The number of carbonyl (C=O) groups is 1. The van der Waals surface area contributed by atoms with Crippen LogP contribution in [0.25, 0.3) is 0 Å². The van der Waals surface area contributed by atoms with E-state index in [-0.39, 0.29) is 24.2 Å². The summed E-state index contributed by atoms with van der Waals surface area (Å²) in [7, 11) is 0. The third kappa shape index (κ3) is 4.84. The number of aromatic nitrogens is 1. The molecule has 6 heteroatoms. The van der Waals surface area contributed by atoms with Crippen LogP contribution in [0.2, 0.25) is 0 Å². The molecular formula is C17H20FN3OS. The van der Waals surface area contributed by atoms with Gasteiger partial charge in [0.05, 0.1) is 17.1 Å². The summed E-state index contributed by atoms with van der Waals surface area (Å²) in [5.41, 5.74) is 7.74. The van der Waals surface area contributed by atoms with Crippen molar-refractivity contribution < 1.29 is 9.18 Å². The summed E-state index contributed by atoms with van der Waals surface area (Å²) < 4.78 is 12.9.